The number of fused-ring (bicyclic) bond motifs is 1. The number of carbonyl (C=O) groups excluding carboxylic acids is 1. The Balaban J connectivity index is 1.57. The van der Waals surface area contributed by atoms with E-state index in [1.165, 1.54) is 0 Å². The largest absolute Gasteiger partial charge is 0.493 e. The van der Waals surface area contributed by atoms with Crippen LogP contribution in [0.3, 0.4) is 0 Å². The Kier molecular flexibility index (Phi) is 5.86. The molecule has 1 aliphatic rings. The van der Waals surface area contributed by atoms with E-state index >= 15 is 0 Å². The molecule has 0 aliphatic carbocycles. The number of hydrogen-bond acceptors (Lipinski definition) is 6. The molecule has 0 saturated carbocycles. The molecule has 0 fully saturated rings. The minimum atomic E-state index is -0.625. The van der Waals surface area contributed by atoms with Gasteiger partial charge in [-0.2, -0.15) is 0 Å². The molecule has 6 heteroatoms. The number of carbonyl (C=O) groups is 1. The summed E-state index contributed by atoms with van der Waals surface area (Å²) in [5.74, 6) is 2.12. The van der Waals surface area contributed by atoms with Gasteiger partial charge < -0.3 is 24.1 Å². The summed E-state index contributed by atoms with van der Waals surface area (Å²) in [6.07, 6.45) is -0.426. The third-order valence-corrected chi connectivity index (χ3v) is 4.91. The molecule has 1 aliphatic heterocycles. The third-order valence-electron chi connectivity index (χ3n) is 4.91. The normalized spacial score (nSPS) is 17.3. The van der Waals surface area contributed by atoms with Gasteiger partial charge in [0, 0.05) is 11.1 Å². The van der Waals surface area contributed by atoms with Crippen molar-refractivity contribution >= 4 is 6.29 Å². The summed E-state index contributed by atoms with van der Waals surface area (Å²) in [5.41, 5.74) is 2.32. The molecule has 1 heterocycles. The van der Waals surface area contributed by atoms with Crippen molar-refractivity contribution < 1.29 is 28.8 Å². The van der Waals surface area contributed by atoms with E-state index in [0.29, 0.717) is 35.2 Å². The monoisotopic (exact) mass is 406 g/mol. The highest BCUT2D eigenvalue weighted by atomic mass is 16.6. The number of rotatable bonds is 7. The Morgan fingerprint density at radius 2 is 1.80 bits per heavy atom. The molecule has 0 radical (unpaired) electrons. The summed E-state index contributed by atoms with van der Waals surface area (Å²) in [4.78, 5) is 11.0. The van der Waals surface area contributed by atoms with Crippen molar-refractivity contribution in [2.45, 2.75) is 18.8 Å². The van der Waals surface area contributed by atoms with Gasteiger partial charge in [0.1, 0.15) is 12.9 Å². The van der Waals surface area contributed by atoms with Crippen molar-refractivity contribution in [1.82, 2.24) is 0 Å². The molecule has 0 spiro atoms. The van der Waals surface area contributed by atoms with Crippen LogP contribution < -0.4 is 18.9 Å². The molecule has 0 amide bonds. The highest BCUT2D eigenvalue weighted by Gasteiger charge is 2.33. The SMILES string of the molecule is COc1cc([C@@H]2Oc3ccc(C=O)cc3O[C@H]2CO)ccc1OCc1ccccc1. The average molecular weight is 406 g/mol. The summed E-state index contributed by atoms with van der Waals surface area (Å²) in [6.45, 7) is 0.176. The first-order valence-electron chi connectivity index (χ1n) is 9.60. The van der Waals surface area contributed by atoms with Crippen molar-refractivity contribution in [1.29, 1.82) is 0 Å². The van der Waals surface area contributed by atoms with Gasteiger partial charge in [-0.3, -0.25) is 4.79 Å². The summed E-state index contributed by atoms with van der Waals surface area (Å²) < 4.78 is 23.4. The van der Waals surface area contributed by atoms with Crippen LogP contribution in [-0.2, 0) is 6.61 Å². The molecular weight excluding hydrogens is 384 g/mol. The lowest BCUT2D eigenvalue weighted by atomic mass is 10.0. The van der Waals surface area contributed by atoms with Gasteiger partial charge in [-0.1, -0.05) is 36.4 Å². The van der Waals surface area contributed by atoms with Crippen LogP contribution in [0.25, 0.3) is 0 Å². The van der Waals surface area contributed by atoms with Gasteiger partial charge >= 0.3 is 0 Å². The number of ether oxygens (including phenoxy) is 4. The number of hydrogen-bond donors (Lipinski definition) is 1. The van der Waals surface area contributed by atoms with Crippen LogP contribution in [0.4, 0.5) is 0 Å². The van der Waals surface area contributed by atoms with Crippen LogP contribution in [0.2, 0.25) is 0 Å². The molecule has 0 bridgehead atoms. The molecule has 0 unspecified atom stereocenters. The Hall–Kier alpha value is -3.51. The van der Waals surface area contributed by atoms with Gasteiger partial charge in [-0.25, -0.2) is 0 Å². The van der Waals surface area contributed by atoms with Gasteiger partial charge in [-0.05, 0) is 35.9 Å². The van der Waals surface area contributed by atoms with Crippen LogP contribution in [-0.4, -0.2) is 31.2 Å². The van der Waals surface area contributed by atoms with E-state index in [4.69, 9.17) is 18.9 Å². The maximum atomic E-state index is 11.0. The summed E-state index contributed by atoms with van der Waals surface area (Å²) in [7, 11) is 1.58. The van der Waals surface area contributed by atoms with E-state index in [-0.39, 0.29) is 6.61 Å². The maximum Gasteiger partial charge on any atom is 0.163 e. The second kappa shape index (κ2) is 8.88. The zero-order valence-corrected chi connectivity index (χ0v) is 16.5. The van der Waals surface area contributed by atoms with Crippen molar-refractivity contribution in [3.63, 3.8) is 0 Å². The standard InChI is InChI=1S/C24H22O6/c1-27-21-12-18(8-10-19(21)28-15-16-5-3-2-4-6-16)24-23(14-26)29-22-11-17(13-25)7-9-20(22)30-24/h2-13,23-24,26H,14-15H2,1H3/t23-,24-/m0/s1. The number of benzene rings is 3. The molecule has 0 saturated heterocycles. The highest BCUT2D eigenvalue weighted by molar-refractivity contribution is 5.76. The molecule has 3 aromatic carbocycles. The topological polar surface area (TPSA) is 74.2 Å². The molecule has 0 aromatic heterocycles. The van der Waals surface area contributed by atoms with Crippen LogP contribution >= 0.6 is 0 Å². The van der Waals surface area contributed by atoms with Gasteiger partial charge in [0.05, 0.1) is 13.7 Å². The Morgan fingerprint density at radius 3 is 2.53 bits per heavy atom. The fraction of sp³-hybridized carbons (Fsp3) is 0.208. The lowest BCUT2D eigenvalue weighted by Gasteiger charge is -2.33. The number of aliphatic hydroxyl groups excluding tert-OH is 1. The molecule has 30 heavy (non-hydrogen) atoms. The first kappa shape index (κ1) is 19.8. The average Bonchev–Trinajstić information content (AvgIpc) is 2.82. The van der Waals surface area contributed by atoms with Crippen molar-refractivity contribution in [3.05, 3.63) is 83.4 Å². The van der Waals surface area contributed by atoms with Gasteiger partial charge in [0.25, 0.3) is 0 Å². The van der Waals surface area contributed by atoms with E-state index in [9.17, 15) is 9.90 Å². The highest BCUT2D eigenvalue weighted by Crippen LogP contribution is 2.41. The minimum absolute atomic E-state index is 0.246. The first-order valence-corrected chi connectivity index (χ1v) is 9.60. The molecule has 1 N–H and O–H groups in total. The van der Waals surface area contributed by atoms with Crippen LogP contribution in [0.1, 0.15) is 27.6 Å². The van der Waals surface area contributed by atoms with Crippen molar-refractivity contribution in [2.24, 2.45) is 0 Å². The Bertz CT molecular complexity index is 1020. The summed E-state index contributed by atoms with van der Waals surface area (Å²) >= 11 is 0. The molecule has 4 rings (SSSR count). The summed E-state index contributed by atoms with van der Waals surface area (Å²) in [6, 6.07) is 20.3. The van der Waals surface area contributed by atoms with Crippen LogP contribution in [0.15, 0.2) is 66.7 Å². The quantitative estimate of drug-likeness (QED) is 0.599. The molecular formula is C24H22O6. The Morgan fingerprint density at radius 1 is 0.967 bits per heavy atom. The van der Waals surface area contributed by atoms with E-state index in [1.807, 2.05) is 48.5 Å². The molecule has 6 nitrogen and oxygen atoms in total. The van der Waals surface area contributed by atoms with Gasteiger partial charge in [0.2, 0.25) is 0 Å². The van der Waals surface area contributed by atoms with E-state index in [1.54, 1.807) is 25.3 Å². The van der Waals surface area contributed by atoms with Crippen LogP contribution in [0, 0.1) is 0 Å². The predicted molar refractivity (Wildman–Crippen MR) is 110 cm³/mol. The van der Waals surface area contributed by atoms with E-state index < -0.39 is 12.2 Å². The smallest absolute Gasteiger partial charge is 0.163 e. The van der Waals surface area contributed by atoms with Gasteiger partial charge in [-0.15, -0.1) is 0 Å². The fourth-order valence-corrected chi connectivity index (χ4v) is 3.36. The van der Waals surface area contributed by atoms with Crippen molar-refractivity contribution in [2.75, 3.05) is 13.7 Å². The van der Waals surface area contributed by atoms with Gasteiger partial charge in [0.15, 0.2) is 35.2 Å². The molecule has 2 atom stereocenters. The number of aldehydes is 1. The van der Waals surface area contributed by atoms with Crippen LogP contribution in [0.5, 0.6) is 23.0 Å². The minimum Gasteiger partial charge on any atom is -0.493 e. The predicted octanol–water partition coefficient (Wildman–Crippen LogP) is 3.96. The molecule has 3 aromatic rings. The summed E-state index contributed by atoms with van der Waals surface area (Å²) in [5, 5.41) is 9.84. The lowest BCUT2D eigenvalue weighted by Crippen LogP contribution is -2.36. The third kappa shape index (κ3) is 4.09. The second-order valence-corrected chi connectivity index (χ2v) is 6.89. The zero-order chi connectivity index (χ0) is 20.9. The maximum absolute atomic E-state index is 11.0. The first-order chi connectivity index (χ1) is 14.7. The fourth-order valence-electron chi connectivity index (χ4n) is 3.36. The number of aliphatic hydroxyl groups is 1. The van der Waals surface area contributed by atoms with E-state index in [0.717, 1.165) is 17.4 Å². The second-order valence-electron chi connectivity index (χ2n) is 6.89. The lowest BCUT2D eigenvalue weighted by molar-refractivity contribution is -0.0124. The number of methoxy groups -OCH3 is 1. The molecule has 154 valence electrons. The van der Waals surface area contributed by atoms with Crippen molar-refractivity contribution in [3.8, 4) is 23.0 Å². The zero-order valence-electron chi connectivity index (χ0n) is 16.5. The Labute approximate surface area is 174 Å². The van der Waals surface area contributed by atoms with E-state index in [2.05, 4.69) is 0 Å².